The van der Waals surface area contributed by atoms with E-state index in [4.69, 9.17) is 4.42 Å². The Kier molecular flexibility index (Phi) is 3.80. The van der Waals surface area contributed by atoms with Crippen LogP contribution < -0.4 is 5.32 Å². The van der Waals surface area contributed by atoms with Gasteiger partial charge in [0, 0.05) is 10.9 Å². The molecule has 0 amide bonds. The maximum Gasteiger partial charge on any atom is 0.0935 e. The minimum absolute atomic E-state index is 0.396. The Hall–Kier alpha value is -1.06. The summed E-state index contributed by atoms with van der Waals surface area (Å²) >= 11 is 1.84. The van der Waals surface area contributed by atoms with E-state index in [0.29, 0.717) is 6.04 Å². The highest BCUT2D eigenvalue weighted by atomic mass is 32.1. The van der Waals surface area contributed by atoms with Crippen molar-refractivity contribution < 1.29 is 4.42 Å². The fourth-order valence-electron chi connectivity index (χ4n) is 1.92. The average Bonchev–Trinajstić information content (AvgIpc) is 2.96. The quantitative estimate of drug-likeness (QED) is 0.859. The van der Waals surface area contributed by atoms with Crippen molar-refractivity contribution in [3.05, 3.63) is 46.0 Å². The van der Waals surface area contributed by atoms with Crippen molar-refractivity contribution in [1.29, 1.82) is 0 Å². The fraction of sp³-hybridized carbons (Fsp3) is 0.385. The van der Waals surface area contributed by atoms with E-state index in [2.05, 4.69) is 23.7 Å². The van der Waals surface area contributed by atoms with Crippen LogP contribution in [-0.4, -0.2) is 7.05 Å². The lowest BCUT2D eigenvalue weighted by molar-refractivity contribution is 0.553. The molecule has 2 nitrogen and oxygen atoms in total. The van der Waals surface area contributed by atoms with Gasteiger partial charge in [-0.1, -0.05) is 6.92 Å². The van der Waals surface area contributed by atoms with Gasteiger partial charge in [-0.2, -0.15) is 0 Å². The molecule has 0 saturated carbocycles. The van der Waals surface area contributed by atoms with Crippen molar-refractivity contribution in [2.45, 2.75) is 25.8 Å². The Labute approximate surface area is 100 Å². The first kappa shape index (κ1) is 11.4. The average molecular weight is 235 g/mol. The molecule has 1 atom stereocenters. The van der Waals surface area contributed by atoms with Crippen molar-refractivity contribution in [3.8, 4) is 0 Å². The van der Waals surface area contributed by atoms with Crippen molar-refractivity contribution in [2.24, 2.45) is 0 Å². The van der Waals surface area contributed by atoms with E-state index in [1.165, 1.54) is 16.0 Å². The molecule has 1 N–H and O–H groups in total. The smallest absolute Gasteiger partial charge is 0.0935 e. The molecule has 2 aromatic rings. The number of aryl methyl sites for hydroxylation is 1. The summed E-state index contributed by atoms with van der Waals surface area (Å²) in [5, 5.41) is 5.56. The van der Waals surface area contributed by atoms with E-state index >= 15 is 0 Å². The first-order chi connectivity index (χ1) is 7.85. The van der Waals surface area contributed by atoms with Crippen LogP contribution in [0.25, 0.3) is 0 Å². The van der Waals surface area contributed by atoms with Crippen LogP contribution in [0.4, 0.5) is 0 Å². The molecule has 1 unspecified atom stereocenters. The third-order valence-corrected chi connectivity index (χ3v) is 3.92. The Morgan fingerprint density at radius 3 is 2.94 bits per heavy atom. The van der Waals surface area contributed by atoms with Gasteiger partial charge in [0.1, 0.15) is 0 Å². The highest BCUT2D eigenvalue weighted by molar-refractivity contribution is 7.10. The fourth-order valence-corrected chi connectivity index (χ4v) is 3.02. The largest absolute Gasteiger partial charge is 0.472 e. The van der Waals surface area contributed by atoms with E-state index in [-0.39, 0.29) is 0 Å². The van der Waals surface area contributed by atoms with Crippen molar-refractivity contribution >= 4 is 11.3 Å². The maximum atomic E-state index is 5.11. The number of furan rings is 1. The second-order valence-electron chi connectivity index (χ2n) is 3.84. The predicted octanol–water partition coefficient (Wildman–Crippen LogP) is 3.41. The number of hydrogen-bond acceptors (Lipinski definition) is 3. The molecule has 2 rings (SSSR count). The Morgan fingerprint density at radius 2 is 2.31 bits per heavy atom. The summed E-state index contributed by atoms with van der Waals surface area (Å²) in [6.45, 7) is 2.20. The van der Waals surface area contributed by atoms with Crippen LogP contribution in [-0.2, 0) is 12.8 Å². The summed E-state index contributed by atoms with van der Waals surface area (Å²) in [5.74, 6) is 0. The molecule has 3 heteroatoms. The van der Waals surface area contributed by atoms with Gasteiger partial charge in [0.25, 0.3) is 0 Å². The van der Waals surface area contributed by atoms with Gasteiger partial charge in [-0.05, 0) is 48.5 Å². The molecule has 0 aromatic carbocycles. The lowest BCUT2D eigenvalue weighted by Gasteiger charge is -2.15. The zero-order chi connectivity index (χ0) is 11.4. The Bertz CT molecular complexity index is 419. The minimum Gasteiger partial charge on any atom is -0.472 e. The van der Waals surface area contributed by atoms with E-state index in [1.807, 2.05) is 30.7 Å². The van der Waals surface area contributed by atoms with Crippen molar-refractivity contribution in [1.82, 2.24) is 5.32 Å². The van der Waals surface area contributed by atoms with Crippen LogP contribution in [0.15, 0.2) is 34.5 Å². The van der Waals surface area contributed by atoms with Gasteiger partial charge in [-0.15, -0.1) is 11.3 Å². The molecule has 2 heterocycles. The molecular formula is C13H17NOS. The van der Waals surface area contributed by atoms with Gasteiger partial charge in [-0.3, -0.25) is 0 Å². The minimum atomic E-state index is 0.396. The van der Waals surface area contributed by atoms with Gasteiger partial charge in [0.2, 0.25) is 0 Å². The second-order valence-corrected chi connectivity index (χ2v) is 4.79. The summed E-state index contributed by atoms with van der Waals surface area (Å²) < 4.78 is 5.11. The highest BCUT2D eigenvalue weighted by Gasteiger charge is 2.15. The van der Waals surface area contributed by atoms with Crippen molar-refractivity contribution in [2.75, 3.05) is 7.05 Å². The first-order valence-corrected chi connectivity index (χ1v) is 6.47. The summed E-state index contributed by atoms with van der Waals surface area (Å²) in [7, 11) is 2.02. The standard InChI is InChI=1S/C13H17NOS/c1-3-11-5-7-16-13(11)12(14-2)8-10-4-6-15-9-10/h4-7,9,12,14H,3,8H2,1-2H3. The van der Waals surface area contributed by atoms with Crippen LogP contribution in [0.2, 0.25) is 0 Å². The molecule has 0 bridgehead atoms. The number of thiophene rings is 1. The molecule has 0 fully saturated rings. The molecule has 2 aromatic heterocycles. The predicted molar refractivity (Wildman–Crippen MR) is 67.9 cm³/mol. The lowest BCUT2D eigenvalue weighted by atomic mass is 10.0. The van der Waals surface area contributed by atoms with E-state index < -0.39 is 0 Å². The normalized spacial score (nSPS) is 12.9. The zero-order valence-electron chi connectivity index (χ0n) is 9.69. The van der Waals surface area contributed by atoms with Crippen LogP contribution in [0.3, 0.4) is 0 Å². The Balaban J connectivity index is 2.16. The SMILES string of the molecule is CCc1ccsc1C(Cc1ccoc1)NC. The van der Waals surface area contributed by atoms with Gasteiger partial charge < -0.3 is 9.73 Å². The molecule has 0 aliphatic rings. The van der Waals surface area contributed by atoms with E-state index in [0.717, 1.165) is 12.8 Å². The highest BCUT2D eigenvalue weighted by Crippen LogP contribution is 2.27. The van der Waals surface area contributed by atoms with E-state index in [9.17, 15) is 0 Å². The topological polar surface area (TPSA) is 25.2 Å². The summed E-state index contributed by atoms with van der Waals surface area (Å²) in [6.07, 6.45) is 5.64. The summed E-state index contributed by atoms with van der Waals surface area (Å²) in [6, 6.07) is 4.65. The number of likely N-dealkylation sites (N-methyl/N-ethyl adjacent to an activating group) is 1. The third-order valence-electron chi connectivity index (χ3n) is 2.85. The van der Waals surface area contributed by atoms with Gasteiger partial charge >= 0.3 is 0 Å². The van der Waals surface area contributed by atoms with Gasteiger partial charge in [0.05, 0.1) is 12.5 Å². The number of rotatable bonds is 5. The molecule has 0 radical (unpaired) electrons. The number of nitrogens with one attached hydrogen (secondary N) is 1. The van der Waals surface area contributed by atoms with Crippen LogP contribution in [0.1, 0.15) is 29.0 Å². The molecule has 0 aliphatic carbocycles. The molecule has 86 valence electrons. The maximum absolute atomic E-state index is 5.11. The zero-order valence-corrected chi connectivity index (χ0v) is 10.5. The second kappa shape index (κ2) is 5.32. The van der Waals surface area contributed by atoms with Crippen LogP contribution in [0.5, 0.6) is 0 Å². The van der Waals surface area contributed by atoms with Crippen LogP contribution >= 0.6 is 11.3 Å². The molecule has 0 spiro atoms. The lowest BCUT2D eigenvalue weighted by Crippen LogP contribution is -2.18. The summed E-state index contributed by atoms with van der Waals surface area (Å²) in [4.78, 5) is 1.45. The van der Waals surface area contributed by atoms with E-state index in [1.54, 1.807) is 6.26 Å². The Morgan fingerprint density at radius 1 is 1.44 bits per heavy atom. The number of hydrogen-bond donors (Lipinski definition) is 1. The molecular weight excluding hydrogens is 218 g/mol. The van der Waals surface area contributed by atoms with Gasteiger partial charge in [-0.25, -0.2) is 0 Å². The molecule has 0 aliphatic heterocycles. The van der Waals surface area contributed by atoms with Crippen molar-refractivity contribution in [3.63, 3.8) is 0 Å². The monoisotopic (exact) mass is 235 g/mol. The molecule has 16 heavy (non-hydrogen) atoms. The summed E-state index contributed by atoms with van der Waals surface area (Å²) in [5.41, 5.74) is 2.70. The first-order valence-electron chi connectivity index (χ1n) is 5.59. The van der Waals surface area contributed by atoms with Gasteiger partial charge in [0.15, 0.2) is 0 Å². The van der Waals surface area contributed by atoms with Crippen LogP contribution in [0, 0.1) is 0 Å². The molecule has 0 saturated heterocycles. The third kappa shape index (κ3) is 2.36.